The molecule has 144 valence electrons. The SMILES string of the molecule is CN(Cc1ccc(CN2CCCCC2CCc2cccs2)o1)S(C)(=O)=O. The number of rotatable bonds is 8. The monoisotopic (exact) mass is 396 g/mol. The molecule has 0 aromatic carbocycles. The Morgan fingerprint density at radius 3 is 2.81 bits per heavy atom. The predicted molar refractivity (Wildman–Crippen MR) is 106 cm³/mol. The third kappa shape index (κ3) is 5.42. The first-order chi connectivity index (χ1) is 12.4. The number of hydrogen-bond donors (Lipinski definition) is 0. The van der Waals surface area contributed by atoms with E-state index >= 15 is 0 Å². The molecule has 5 nitrogen and oxygen atoms in total. The molecule has 0 amide bonds. The smallest absolute Gasteiger partial charge is 0.211 e. The summed E-state index contributed by atoms with van der Waals surface area (Å²) in [6.45, 7) is 2.19. The van der Waals surface area contributed by atoms with Gasteiger partial charge in [-0.25, -0.2) is 8.42 Å². The molecule has 1 unspecified atom stereocenters. The number of nitrogens with zero attached hydrogens (tertiary/aromatic N) is 2. The van der Waals surface area contributed by atoms with Crippen molar-refractivity contribution in [2.24, 2.45) is 0 Å². The fourth-order valence-corrected chi connectivity index (χ4v) is 4.57. The molecule has 0 radical (unpaired) electrons. The Bertz CT molecular complexity index is 784. The van der Waals surface area contributed by atoms with Gasteiger partial charge in [-0.3, -0.25) is 4.90 Å². The molecular weight excluding hydrogens is 368 g/mol. The average Bonchev–Trinajstić information content (AvgIpc) is 3.25. The topological polar surface area (TPSA) is 53.8 Å². The molecule has 0 N–H and O–H groups in total. The van der Waals surface area contributed by atoms with Gasteiger partial charge in [0.05, 0.1) is 19.3 Å². The number of aryl methyl sites for hydroxylation is 1. The van der Waals surface area contributed by atoms with Crippen LogP contribution in [0.3, 0.4) is 0 Å². The van der Waals surface area contributed by atoms with Crippen LogP contribution in [0.5, 0.6) is 0 Å². The standard InChI is InChI=1S/C19H28N2O3S2/c1-20(26(2,22)23)14-17-9-10-18(24-17)15-21-12-4-3-6-16(21)8-11-19-7-5-13-25-19/h5,7,9-10,13,16H,3-4,6,8,11-12,14-15H2,1-2H3. The fourth-order valence-electron chi connectivity index (χ4n) is 3.49. The number of sulfonamides is 1. The van der Waals surface area contributed by atoms with Gasteiger partial charge in [0.2, 0.25) is 10.0 Å². The lowest BCUT2D eigenvalue weighted by molar-refractivity contribution is 0.122. The number of piperidine rings is 1. The van der Waals surface area contributed by atoms with E-state index in [0.717, 1.165) is 25.3 Å². The lowest BCUT2D eigenvalue weighted by Gasteiger charge is -2.35. The molecule has 1 aliphatic heterocycles. The van der Waals surface area contributed by atoms with Gasteiger partial charge in [0.1, 0.15) is 11.5 Å². The minimum Gasteiger partial charge on any atom is -0.463 e. The third-order valence-electron chi connectivity index (χ3n) is 5.07. The second-order valence-electron chi connectivity index (χ2n) is 7.13. The van der Waals surface area contributed by atoms with Crippen molar-refractivity contribution in [2.75, 3.05) is 19.8 Å². The van der Waals surface area contributed by atoms with Crippen molar-refractivity contribution in [2.45, 2.75) is 51.2 Å². The zero-order valence-electron chi connectivity index (χ0n) is 15.6. The molecular formula is C19H28N2O3S2. The summed E-state index contributed by atoms with van der Waals surface area (Å²) >= 11 is 1.84. The first-order valence-electron chi connectivity index (χ1n) is 9.17. The van der Waals surface area contributed by atoms with Crippen LogP contribution in [0.4, 0.5) is 0 Å². The third-order valence-corrected chi connectivity index (χ3v) is 7.27. The first kappa shape index (κ1) is 19.6. The Morgan fingerprint density at radius 1 is 1.27 bits per heavy atom. The van der Waals surface area contributed by atoms with Crippen LogP contribution in [0.2, 0.25) is 0 Å². The average molecular weight is 397 g/mol. The highest BCUT2D eigenvalue weighted by atomic mass is 32.2. The van der Waals surface area contributed by atoms with Crippen molar-refractivity contribution in [3.63, 3.8) is 0 Å². The summed E-state index contributed by atoms with van der Waals surface area (Å²) in [5.41, 5.74) is 0. The molecule has 3 rings (SSSR count). The van der Waals surface area contributed by atoms with Gasteiger partial charge in [-0.1, -0.05) is 12.5 Å². The van der Waals surface area contributed by atoms with Gasteiger partial charge >= 0.3 is 0 Å². The molecule has 1 atom stereocenters. The highest BCUT2D eigenvalue weighted by Gasteiger charge is 2.23. The van der Waals surface area contributed by atoms with E-state index in [4.69, 9.17) is 4.42 Å². The van der Waals surface area contributed by atoms with E-state index in [2.05, 4.69) is 22.4 Å². The van der Waals surface area contributed by atoms with Crippen LogP contribution >= 0.6 is 11.3 Å². The van der Waals surface area contributed by atoms with E-state index in [-0.39, 0.29) is 6.54 Å². The molecule has 0 saturated carbocycles. The van der Waals surface area contributed by atoms with Crippen molar-refractivity contribution < 1.29 is 12.8 Å². The second kappa shape index (κ2) is 8.69. The van der Waals surface area contributed by atoms with E-state index in [0.29, 0.717) is 11.8 Å². The molecule has 7 heteroatoms. The number of likely N-dealkylation sites (tertiary alicyclic amines) is 1. The van der Waals surface area contributed by atoms with Crippen molar-refractivity contribution in [3.8, 4) is 0 Å². The van der Waals surface area contributed by atoms with Crippen molar-refractivity contribution >= 4 is 21.4 Å². The second-order valence-corrected chi connectivity index (χ2v) is 10.2. The summed E-state index contributed by atoms with van der Waals surface area (Å²) in [7, 11) is -1.62. The van der Waals surface area contributed by atoms with Crippen LogP contribution in [0.1, 0.15) is 42.1 Å². The van der Waals surface area contributed by atoms with E-state index < -0.39 is 10.0 Å². The highest BCUT2D eigenvalue weighted by Crippen LogP contribution is 2.25. The molecule has 0 spiro atoms. The van der Waals surface area contributed by atoms with Gasteiger partial charge in [0, 0.05) is 18.0 Å². The Morgan fingerprint density at radius 2 is 2.08 bits per heavy atom. The largest absolute Gasteiger partial charge is 0.463 e. The van der Waals surface area contributed by atoms with E-state index in [1.54, 1.807) is 7.05 Å². The Hall–Kier alpha value is -1.15. The summed E-state index contributed by atoms with van der Waals surface area (Å²) in [5.74, 6) is 1.62. The lowest BCUT2D eigenvalue weighted by Crippen LogP contribution is -2.39. The van der Waals surface area contributed by atoms with Gasteiger partial charge in [-0.05, 0) is 55.8 Å². The molecule has 1 aliphatic rings. The summed E-state index contributed by atoms with van der Waals surface area (Å²) in [6, 6.07) is 8.81. The van der Waals surface area contributed by atoms with E-state index in [1.165, 1.54) is 41.1 Å². The van der Waals surface area contributed by atoms with Crippen molar-refractivity contribution in [3.05, 3.63) is 46.0 Å². The van der Waals surface area contributed by atoms with Gasteiger partial charge < -0.3 is 4.42 Å². The minimum absolute atomic E-state index is 0.278. The summed E-state index contributed by atoms with van der Waals surface area (Å²) in [6.07, 6.45) is 7.32. The van der Waals surface area contributed by atoms with Gasteiger partial charge in [0.15, 0.2) is 0 Å². The summed E-state index contributed by atoms with van der Waals surface area (Å²) < 4.78 is 30.3. The van der Waals surface area contributed by atoms with Crippen LogP contribution < -0.4 is 0 Å². The zero-order chi connectivity index (χ0) is 18.6. The fraction of sp³-hybridized carbons (Fsp3) is 0.579. The van der Waals surface area contributed by atoms with E-state index in [1.807, 2.05) is 23.5 Å². The van der Waals surface area contributed by atoms with Gasteiger partial charge in [-0.15, -0.1) is 11.3 Å². The highest BCUT2D eigenvalue weighted by molar-refractivity contribution is 7.88. The Kier molecular flexibility index (Phi) is 6.55. The normalized spacial score (nSPS) is 19.3. The molecule has 0 bridgehead atoms. The Labute approximate surface area is 160 Å². The van der Waals surface area contributed by atoms with Gasteiger partial charge in [-0.2, -0.15) is 4.31 Å². The molecule has 2 aromatic rings. The van der Waals surface area contributed by atoms with Crippen LogP contribution in [0, 0.1) is 0 Å². The summed E-state index contributed by atoms with van der Waals surface area (Å²) in [5, 5.41) is 2.14. The molecule has 3 heterocycles. The maximum atomic E-state index is 11.5. The summed E-state index contributed by atoms with van der Waals surface area (Å²) in [4.78, 5) is 3.99. The van der Waals surface area contributed by atoms with Crippen molar-refractivity contribution in [1.82, 2.24) is 9.21 Å². The number of furan rings is 1. The molecule has 1 fully saturated rings. The van der Waals surface area contributed by atoms with Gasteiger partial charge in [0.25, 0.3) is 0 Å². The first-order valence-corrected chi connectivity index (χ1v) is 11.9. The Balaban J connectivity index is 1.57. The zero-order valence-corrected chi connectivity index (χ0v) is 17.2. The molecule has 2 aromatic heterocycles. The maximum Gasteiger partial charge on any atom is 0.211 e. The molecule has 26 heavy (non-hydrogen) atoms. The predicted octanol–water partition coefficient (Wildman–Crippen LogP) is 3.72. The molecule has 0 aliphatic carbocycles. The van der Waals surface area contributed by atoms with Crippen LogP contribution in [0.25, 0.3) is 0 Å². The van der Waals surface area contributed by atoms with Crippen LogP contribution in [-0.2, 0) is 29.5 Å². The van der Waals surface area contributed by atoms with Crippen molar-refractivity contribution in [1.29, 1.82) is 0 Å². The maximum absolute atomic E-state index is 11.5. The minimum atomic E-state index is -3.19. The lowest BCUT2D eigenvalue weighted by atomic mass is 9.97. The number of thiophene rings is 1. The van der Waals surface area contributed by atoms with E-state index in [9.17, 15) is 8.42 Å². The number of hydrogen-bond acceptors (Lipinski definition) is 5. The quantitative estimate of drug-likeness (QED) is 0.682. The van der Waals surface area contributed by atoms with Crippen LogP contribution in [-0.4, -0.2) is 43.5 Å². The molecule has 1 saturated heterocycles. The van der Waals surface area contributed by atoms with Crippen LogP contribution in [0.15, 0.2) is 34.1 Å².